The van der Waals surface area contributed by atoms with Crippen LogP contribution in [0.15, 0.2) is 30.3 Å². The molecule has 2 aliphatic heterocycles. The smallest absolute Gasteiger partial charge is 0.220 e. The molecule has 0 radical (unpaired) electrons. The second kappa shape index (κ2) is 4.86. The topological polar surface area (TPSA) is 60.8 Å². The maximum absolute atomic E-state index is 12.0. The molecule has 4 heteroatoms. The van der Waals surface area contributed by atoms with Crippen LogP contribution in [-0.2, 0) is 4.79 Å². The quantitative estimate of drug-likeness (QED) is 0.862. The van der Waals surface area contributed by atoms with Crippen LogP contribution in [0.2, 0.25) is 0 Å². The highest BCUT2D eigenvalue weighted by Crippen LogP contribution is 2.46. The SMILES string of the molecule is CC(=O)N1C2CCC(O)(CC2)[C@@H]1[C@@H](O)c1ccccc1. The molecule has 1 aromatic rings. The van der Waals surface area contributed by atoms with Crippen LogP contribution in [0.5, 0.6) is 0 Å². The molecule has 2 bridgehead atoms. The summed E-state index contributed by atoms with van der Waals surface area (Å²) >= 11 is 0. The van der Waals surface area contributed by atoms with Crippen molar-refractivity contribution < 1.29 is 15.0 Å². The van der Waals surface area contributed by atoms with Gasteiger partial charge in [0.1, 0.15) is 6.10 Å². The van der Waals surface area contributed by atoms with Crippen molar-refractivity contribution in [3.8, 4) is 0 Å². The average molecular weight is 275 g/mol. The van der Waals surface area contributed by atoms with E-state index in [1.165, 1.54) is 6.92 Å². The number of amides is 1. The number of nitrogens with zero attached hydrogens (tertiary/aromatic N) is 1. The third-order valence-electron chi connectivity index (χ3n) is 4.87. The van der Waals surface area contributed by atoms with Crippen LogP contribution in [-0.4, -0.2) is 38.7 Å². The molecule has 2 N–H and O–H groups in total. The highest BCUT2D eigenvalue weighted by atomic mass is 16.3. The molecule has 0 unspecified atom stereocenters. The van der Waals surface area contributed by atoms with Gasteiger partial charge in [-0.05, 0) is 31.2 Å². The summed E-state index contributed by atoms with van der Waals surface area (Å²) in [6.07, 6.45) is 2.14. The van der Waals surface area contributed by atoms with E-state index in [-0.39, 0.29) is 11.9 Å². The van der Waals surface area contributed by atoms with Crippen LogP contribution in [0.3, 0.4) is 0 Å². The molecule has 2 atom stereocenters. The number of hydrogen-bond acceptors (Lipinski definition) is 3. The molecule has 2 saturated heterocycles. The third-order valence-corrected chi connectivity index (χ3v) is 4.87. The first-order chi connectivity index (χ1) is 9.53. The van der Waals surface area contributed by atoms with Gasteiger partial charge in [-0.3, -0.25) is 4.79 Å². The van der Waals surface area contributed by atoms with E-state index in [1.54, 1.807) is 4.90 Å². The number of aliphatic hydroxyl groups excluding tert-OH is 1. The molecule has 20 heavy (non-hydrogen) atoms. The van der Waals surface area contributed by atoms with Crippen molar-refractivity contribution >= 4 is 5.91 Å². The monoisotopic (exact) mass is 275 g/mol. The summed E-state index contributed by atoms with van der Waals surface area (Å²) in [7, 11) is 0. The molecule has 108 valence electrons. The Labute approximate surface area is 119 Å². The van der Waals surface area contributed by atoms with E-state index in [0.29, 0.717) is 12.8 Å². The first-order valence-corrected chi connectivity index (χ1v) is 7.27. The zero-order valence-corrected chi connectivity index (χ0v) is 11.7. The summed E-state index contributed by atoms with van der Waals surface area (Å²) < 4.78 is 0. The lowest BCUT2D eigenvalue weighted by atomic mass is 9.68. The average Bonchev–Trinajstić information content (AvgIpc) is 2.46. The molecule has 3 fully saturated rings. The Kier molecular flexibility index (Phi) is 3.30. The van der Waals surface area contributed by atoms with E-state index in [0.717, 1.165) is 18.4 Å². The fourth-order valence-electron chi connectivity index (χ4n) is 3.89. The minimum Gasteiger partial charge on any atom is -0.388 e. The van der Waals surface area contributed by atoms with E-state index in [1.807, 2.05) is 30.3 Å². The molecule has 3 aliphatic rings. The first kappa shape index (κ1) is 13.6. The van der Waals surface area contributed by atoms with E-state index in [4.69, 9.17) is 0 Å². The zero-order chi connectivity index (χ0) is 14.3. The van der Waals surface area contributed by atoms with Gasteiger partial charge < -0.3 is 15.1 Å². The van der Waals surface area contributed by atoms with Crippen molar-refractivity contribution in [2.24, 2.45) is 0 Å². The molecule has 1 amide bonds. The number of rotatable bonds is 2. The Balaban J connectivity index is 1.98. The zero-order valence-electron chi connectivity index (χ0n) is 11.7. The summed E-state index contributed by atoms with van der Waals surface area (Å²) in [5.74, 6) is -0.0622. The lowest BCUT2D eigenvalue weighted by Crippen LogP contribution is -2.67. The van der Waals surface area contributed by atoms with Crippen molar-refractivity contribution in [1.82, 2.24) is 4.90 Å². The second-order valence-electron chi connectivity index (χ2n) is 6.06. The summed E-state index contributed by atoms with van der Waals surface area (Å²) in [5.41, 5.74) is -0.208. The van der Waals surface area contributed by atoms with Crippen LogP contribution in [0, 0.1) is 0 Å². The van der Waals surface area contributed by atoms with Crippen molar-refractivity contribution in [2.75, 3.05) is 0 Å². The van der Waals surface area contributed by atoms with Crippen molar-refractivity contribution in [2.45, 2.75) is 56.4 Å². The Morgan fingerprint density at radius 3 is 2.45 bits per heavy atom. The summed E-state index contributed by atoms with van der Waals surface area (Å²) in [4.78, 5) is 13.7. The Hall–Kier alpha value is -1.39. The van der Waals surface area contributed by atoms with Gasteiger partial charge in [0.05, 0.1) is 11.6 Å². The second-order valence-corrected chi connectivity index (χ2v) is 6.06. The molecular weight excluding hydrogens is 254 g/mol. The molecule has 1 aromatic carbocycles. The lowest BCUT2D eigenvalue weighted by molar-refractivity contribution is -0.187. The van der Waals surface area contributed by atoms with E-state index >= 15 is 0 Å². The number of fused-ring (bicyclic) bond motifs is 3. The first-order valence-electron chi connectivity index (χ1n) is 7.27. The number of benzene rings is 1. The standard InChI is InChI=1S/C16H21NO3/c1-11(18)17-13-7-9-16(20,10-8-13)15(17)14(19)12-5-3-2-4-6-12/h2-6,13-15,19-20H,7-10H2,1H3/t13?,14-,15-,16?/m0/s1. The van der Waals surface area contributed by atoms with Crippen molar-refractivity contribution in [1.29, 1.82) is 0 Å². The molecule has 4 nitrogen and oxygen atoms in total. The van der Waals surface area contributed by atoms with Crippen LogP contribution in [0.1, 0.15) is 44.3 Å². The Morgan fingerprint density at radius 2 is 1.90 bits per heavy atom. The number of carbonyl (C=O) groups excluding carboxylic acids is 1. The lowest BCUT2D eigenvalue weighted by Gasteiger charge is -2.57. The van der Waals surface area contributed by atoms with Crippen molar-refractivity contribution in [3.05, 3.63) is 35.9 Å². The van der Waals surface area contributed by atoms with Gasteiger partial charge >= 0.3 is 0 Å². The summed E-state index contributed by atoms with van der Waals surface area (Å²) in [5, 5.41) is 21.6. The van der Waals surface area contributed by atoms with Gasteiger partial charge in [0.2, 0.25) is 5.91 Å². The van der Waals surface area contributed by atoms with Crippen molar-refractivity contribution in [3.63, 3.8) is 0 Å². The van der Waals surface area contributed by atoms with Gasteiger partial charge in [-0.25, -0.2) is 0 Å². The number of piperidine rings is 2. The maximum Gasteiger partial charge on any atom is 0.220 e. The van der Waals surface area contributed by atoms with E-state index in [2.05, 4.69) is 0 Å². The van der Waals surface area contributed by atoms with Gasteiger partial charge in [-0.15, -0.1) is 0 Å². The highest BCUT2D eigenvalue weighted by Gasteiger charge is 2.54. The Bertz CT molecular complexity index is 494. The van der Waals surface area contributed by atoms with Crippen LogP contribution in [0.4, 0.5) is 0 Å². The molecule has 2 heterocycles. The predicted molar refractivity (Wildman–Crippen MR) is 74.9 cm³/mol. The minimum absolute atomic E-state index is 0.0622. The van der Waals surface area contributed by atoms with Gasteiger partial charge in [-0.2, -0.15) is 0 Å². The van der Waals surface area contributed by atoms with Gasteiger partial charge in [-0.1, -0.05) is 30.3 Å². The summed E-state index contributed by atoms with van der Waals surface area (Å²) in [6, 6.07) is 8.92. The Morgan fingerprint density at radius 1 is 1.30 bits per heavy atom. The molecule has 0 spiro atoms. The fraction of sp³-hybridized carbons (Fsp3) is 0.562. The minimum atomic E-state index is -0.963. The van der Waals surface area contributed by atoms with Gasteiger partial charge in [0.25, 0.3) is 0 Å². The molecule has 4 rings (SSSR count). The van der Waals surface area contributed by atoms with Crippen LogP contribution >= 0.6 is 0 Å². The van der Waals surface area contributed by atoms with Crippen LogP contribution in [0.25, 0.3) is 0 Å². The predicted octanol–water partition coefficient (Wildman–Crippen LogP) is 1.62. The number of aliphatic hydroxyl groups is 2. The molecule has 1 aliphatic carbocycles. The maximum atomic E-state index is 12.0. The van der Waals surface area contributed by atoms with Crippen LogP contribution < -0.4 is 0 Å². The normalized spacial score (nSPS) is 34.0. The largest absolute Gasteiger partial charge is 0.388 e. The third kappa shape index (κ3) is 2.03. The van der Waals surface area contributed by atoms with E-state index < -0.39 is 17.7 Å². The molecular formula is C16H21NO3. The summed E-state index contributed by atoms with van der Waals surface area (Å²) in [6.45, 7) is 1.52. The number of hydrogen-bond donors (Lipinski definition) is 2. The molecule has 1 saturated carbocycles. The fourth-order valence-corrected chi connectivity index (χ4v) is 3.89. The van der Waals surface area contributed by atoms with Gasteiger partial charge in [0, 0.05) is 13.0 Å². The number of carbonyl (C=O) groups is 1. The molecule has 0 aromatic heterocycles. The highest BCUT2D eigenvalue weighted by molar-refractivity contribution is 5.74. The van der Waals surface area contributed by atoms with E-state index in [9.17, 15) is 15.0 Å². The van der Waals surface area contributed by atoms with Gasteiger partial charge in [0.15, 0.2) is 0 Å².